The number of halogens is 1. The predicted octanol–water partition coefficient (Wildman–Crippen LogP) is 2.63. The SMILES string of the molecule is CCCNC(=O)[C@H](C)Oc1cccc(Cl)c1. The van der Waals surface area contributed by atoms with E-state index in [0.29, 0.717) is 17.3 Å². The van der Waals surface area contributed by atoms with Crippen molar-refractivity contribution < 1.29 is 9.53 Å². The van der Waals surface area contributed by atoms with Gasteiger partial charge in [0, 0.05) is 11.6 Å². The zero-order valence-electron chi connectivity index (χ0n) is 9.50. The fourth-order valence-electron chi connectivity index (χ4n) is 1.19. The van der Waals surface area contributed by atoms with Crippen LogP contribution in [0.2, 0.25) is 5.02 Å². The van der Waals surface area contributed by atoms with Crippen molar-refractivity contribution in [2.24, 2.45) is 0 Å². The van der Waals surface area contributed by atoms with E-state index in [-0.39, 0.29) is 5.91 Å². The lowest BCUT2D eigenvalue weighted by molar-refractivity contribution is -0.127. The van der Waals surface area contributed by atoms with E-state index in [4.69, 9.17) is 16.3 Å². The minimum atomic E-state index is -0.509. The molecule has 0 aliphatic heterocycles. The van der Waals surface area contributed by atoms with E-state index in [1.165, 1.54) is 0 Å². The van der Waals surface area contributed by atoms with Crippen molar-refractivity contribution in [2.45, 2.75) is 26.4 Å². The molecule has 0 aliphatic carbocycles. The zero-order valence-corrected chi connectivity index (χ0v) is 10.3. The fourth-order valence-corrected chi connectivity index (χ4v) is 1.37. The van der Waals surface area contributed by atoms with E-state index in [1.54, 1.807) is 31.2 Å². The van der Waals surface area contributed by atoms with Crippen molar-refractivity contribution in [2.75, 3.05) is 6.54 Å². The van der Waals surface area contributed by atoms with Crippen LogP contribution in [0.1, 0.15) is 20.3 Å². The molecule has 88 valence electrons. The van der Waals surface area contributed by atoms with Gasteiger partial charge in [-0.05, 0) is 31.5 Å². The molecule has 1 rings (SSSR count). The largest absolute Gasteiger partial charge is 0.481 e. The van der Waals surface area contributed by atoms with Crippen molar-refractivity contribution in [3.63, 3.8) is 0 Å². The average Bonchev–Trinajstić information content (AvgIpc) is 2.25. The van der Waals surface area contributed by atoms with E-state index < -0.39 is 6.10 Å². The van der Waals surface area contributed by atoms with Crippen LogP contribution < -0.4 is 10.1 Å². The first-order valence-corrected chi connectivity index (χ1v) is 5.71. The minimum absolute atomic E-state index is 0.109. The topological polar surface area (TPSA) is 38.3 Å². The Hall–Kier alpha value is -1.22. The molecule has 1 aromatic rings. The van der Waals surface area contributed by atoms with Crippen molar-refractivity contribution in [3.05, 3.63) is 29.3 Å². The highest BCUT2D eigenvalue weighted by Crippen LogP contribution is 2.18. The Kier molecular flexibility index (Phi) is 5.12. The molecule has 0 heterocycles. The van der Waals surface area contributed by atoms with Gasteiger partial charge < -0.3 is 10.1 Å². The summed E-state index contributed by atoms with van der Waals surface area (Å²) >= 11 is 5.81. The maximum absolute atomic E-state index is 11.5. The lowest BCUT2D eigenvalue weighted by Gasteiger charge is -2.14. The fraction of sp³-hybridized carbons (Fsp3) is 0.417. The van der Waals surface area contributed by atoms with Gasteiger partial charge >= 0.3 is 0 Å². The van der Waals surface area contributed by atoms with Crippen molar-refractivity contribution in [3.8, 4) is 5.75 Å². The number of amides is 1. The summed E-state index contributed by atoms with van der Waals surface area (Å²) in [6.07, 6.45) is 0.403. The summed E-state index contributed by atoms with van der Waals surface area (Å²) in [6, 6.07) is 7.01. The number of nitrogens with one attached hydrogen (secondary N) is 1. The molecule has 1 aromatic carbocycles. The quantitative estimate of drug-likeness (QED) is 0.861. The Bertz CT molecular complexity index is 355. The zero-order chi connectivity index (χ0) is 12.0. The molecule has 1 amide bonds. The van der Waals surface area contributed by atoms with E-state index in [9.17, 15) is 4.79 Å². The Morgan fingerprint density at radius 1 is 1.56 bits per heavy atom. The monoisotopic (exact) mass is 241 g/mol. The average molecular weight is 242 g/mol. The molecular weight excluding hydrogens is 226 g/mol. The first-order valence-electron chi connectivity index (χ1n) is 5.33. The Morgan fingerprint density at radius 3 is 2.94 bits per heavy atom. The lowest BCUT2D eigenvalue weighted by atomic mass is 10.3. The Balaban J connectivity index is 2.50. The van der Waals surface area contributed by atoms with E-state index >= 15 is 0 Å². The molecule has 3 nitrogen and oxygen atoms in total. The van der Waals surface area contributed by atoms with Crippen LogP contribution in [-0.4, -0.2) is 18.6 Å². The molecule has 0 unspecified atom stereocenters. The predicted molar refractivity (Wildman–Crippen MR) is 64.8 cm³/mol. The Morgan fingerprint density at radius 2 is 2.31 bits per heavy atom. The number of rotatable bonds is 5. The summed E-state index contributed by atoms with van der Waals surface area (Å²) in [6.45, 7) is 4.39. The lowest BCUT2D eigenvalue weighted by Crippen LogP contribution is -2.36. The first-order chi connectivity index (χ1) is 7.63. The molecule has 0 spiro atoms. The Labute approximate surface area is 101 Å². The van der Waals surface area contributed by atoms with Crippen LogP contribution in [0.25, 0.3) is 0 Å². The van der Waals surface area contributed by atoms with E-state index in [1.807, 2.05) is 6.92 Å². The minimum Gasteiger partial charge on any atom is -0.481 e. The third-order valence-corrected chi connectivity index (χ3v) is 2.26. The summed E-state index contributed by atoms with van der Waals surface area (Å²) in [5.74, 6) is 0.494. The molecular formula is C12H16ClNO2. The molecule has 1 atom stereocenters. The van der Waals surface area contributed by atoms with Crippen LogP contribution in [0.4, 0.5) is 0 Å². The van der Waals surface area contributed by atoms with Crippen molar-refractivity contribution in [1.29, 1.82) is 0 Å². The number of carbonyl (C=O) groups excluding carboxylic acids is 1. The molecule has 0 aliphatic rings. The van der Waals surface area contributed by atoms with Crippen LogP contribution in [0.15, 0.2) is 24.3 Å². The standard InChI is InChI=1S/C12H16ClNO2/c1-3-7-14-12(15)9(2)16-11-6-4-5-10(13)8-11/h4-6,8-9H,3,7H2,1-2H3,(H,14,15)/t9-/m0/s1. The van der Waals surface area contributed by atoms with Gasteiger partial charge in [-0.1, -0.05) is 24.6 Å². The van der Waals surface area contributed by atoms with Gasteiger partial charge in [-0.2, -0.15) is 0 Å². The maximum Gasteiger partial charge on any atom is 0.260 e. The molecule has 0 saturated carbocycles. The molecule has 0 saturated heterocycles. The third kappa shape index (κ3) is 4.11. The summed E-state index contributed by atoms with van der Waals surface area (Å²) in [5, 5.41) is 3.37. The second kappa shape index (κ2) is 6.38. The van der Waals surface area contributed by atoms with Crippen LogP contribution in [0, 0.1) is 0 Å². The molecule has 0 aromatic heterocycles. The van der Waals surface area contributed by atoms with Gasteiger partial charge in [0.1, 0.15) is 5.75 Å². The van der Waals surface area contributed by atoms with Gasteiger partial charge in [0.15, 0.2) is 6.10 Å². The molecule has 16 heavy (non-hydrogen) atoms. The molecule has 0 radical (unpaired) electrons. The van der Waals surface area contributed by atoms with Gasteiger partial charge in [-0.15, -0.1) is 0 Å². The number of ether oxygens (including phenoxy) is 1. The molecule has 0 bridgehead atoms. The highest BCUT2D eigenvalue weighted by molar-refractivity contribution is 6.30. The third-order valence-electron chi connectivity index (χ3n) is 2.03. The smallest absolute Gasteiger partial charge is 0.260 e. The van der Waals surface area contributed by atoms with Crippen molar-refractivity contribution in [1.82, 2.24) is 5.32 Å². The number of hydrogen-bond donors (Lipinski definition) is 1. The van der Waals surface area contributed by atoms with E-state index in [0.717, 1.165) is 6.42 Å². The van der Waals surface area contributed by atoms with Crippen LogP contribution in [0.5, 0.6) is 5.75 Å². The maximum atomic E-state index is 11.5. The summed E-state index contributed by atoms with van der Waals surface area (Å²) in [4.78, 5) is 11.5. The molecule has 4 heteroatoms. The van der Waals surface area contributed by atoms with Gasteiger partial charge in [0.2, 0.25) is 0 Å². The van der Waals surface area contributed by atoms with Gasteiger partial charge in [0.05, 0.1) is 0 Å². The highest BCUT2D eigenvalue weighted by atomic mass is 35.5. The van der Waals surface area contributed by atoms with E-state index in [2.05, 4.69) is 5.32 Å². The second-order valence-electron chi connectivity index (χ2n) is 3.51. The number of carbonyl (C=O) groups is 1. The summed E-state index contributed by atoms with van der Waals surface area (Å²) in [7, 11) is 0. The molecule has 1 N–H and O–H groups in total. The highest BCUT2D eigenvalue weighted by Gasteiger charge is 2.13. The number of hydrogen-bond acceptors (Lipinski definition) is 2. The first kappa shape index (κ1) is 12.8. The van der Waals surface area contributed by atoms with Crippen molar-refractivity contribution >= 4 is 17.5 Å². The van der Waals surface area contributed by atoms with Crippen LogP contribution in [-0.2, 0) is 4.79 Å². The normalized spacial score (nSPS) is 11.9. The number of benzene rings is 1. The summed E-state index contributed by atoms with van der Waals surface area (Å²) < 4.78 is 5.46. The van der Waals surface area contributed by atoms with Gasteiger partial charge in [0.25, 0.3) is 5.91 Å². The van der Waals surface area contributed by atoms with Gasteiger partial charge in [-0.3, -0.25) is 4.79 Å². The van der Waals surface area contributed by atoms with Crippen LogP contribution in [0.3, 0.4) is 0 Å². The van der Waals surface area contributed by atoms with Gasteiger partial charge in [-0.25, -0.2) is 0 Å². The second-order valence-corrected chi connectivity index (χ2v) is 3.94. The molecule has 0 fully saturated rings. The van der Waals surface area contributed by atoms with Crippen LogP contribution >= 0.6 is 11.6 Å². The summed E-state index contributed by atoms with van der Waals surface area (Å²) in [5.41, 5.74) is 0.